The number of carbonyl (C=O) groups is 2. The molecule has 1 aromatic heterocycles. The molecule has 0 radical (unpaired) electrons. The number of benzene rings is 2. The number of nitrogens with zero attached hydrogens (tertiary/aromatic N) is 2. The Balaban J connectivity index is 1.75. The molecular formula is C18H14BrN3O4. The van der Waals surface area contributed by atoms with Crippen molar-refractivity contribution in [1.82, 2.24) is 9.78 Å². The fourth-order valence-electron chi connectivity index (χ4n) is 2.41. The Morgan fingerprint density at radius 2 is 1.88 bits per heavy atom. The molecule has 2 aromatic carbocycles. The highest BCUT2D eigenvalue weighted by Gasteiger charge is 2.18. The van der Waals surface area contributed by atoms with Gasteiger partial charge in [-0.1, -0.05) is 40.2 Å². The minimum absolute atomic E-state index is 0.0158. The number of fused-ring (bicyclic) bond motifs is 1. The van der Waals surface area contributed by atoms with E-state index in [9.17, 15) is 14.4 Å². The van der Waals surface area contributed by atoms with Gasteiger partial charge in [0.25, 0.3) is 11.5 Å². The van der Waals surface area contributed by atoms with Gasteiger partial charge in [-0.2, -0.15) is 5.10 Å². The first kappa shape index (κ1) is 17.8. The first-order chi connectivity index (χ1) is 12.5. The zero-order valence-corrected chi connectivity index (χ0v) is 15.3. The number of aryl methyl sites for hydroxylation is 1. The standard InChI is InChI=1S/C18H14BrN3O4/c1-22-17(24)14-8-3-2-7-13(14)16(21-22)18(25)26-10-15(23)20-12-6-4-5-11(19)9-12/h2-9H,10H2,1H3,(H,20,23). The third-order valence-electron chi connectivity index (χ3n) is 3.59. The molecule has 3 aromatic rings. The normalized spacial score (nSPS) is 10.5. The topological polar surface area (TPSA) is 90.3 Å². The molecule has 0 aliphatic carbocycles. The Hall–Kier alpha value is -3.00. The molecule has 132 valence electrons. The minimum Gasteiger partial charge on any atom is -0.451 e. The molecule has 1 amide bonds. The van der Waals surface area contributed by atoms with Gasteiger partial charge in [0.1, 0.15) is 0 Å². The van der Waals surface area contributed by atoms with Crippen molar-refractivity contribution in [2.75, 3.05) is 11.9 Å². The second kappa shape index (κ2) is 7.49. The van der Waals surface area contributed by atoms with Crippen LogP contribution in [-0.4, -0.2) is 28.3 Å². The summed E-state index contributed by atoms with van der Waals surface area (Å²) >= 11 is 3.31. The molecule has 0 saturated carbocycles. The lowest BCUT2D eigenvalue weighted by atomic mass is 10.1. The van der Waals surface area contributed by atoms with Crippen LogP contribution in [0.15, 0.2) is 57.8 Å². The van der Waals surface area contributed by atoms with Gasteiger partial charge >= 0.3 is 5.97 Å². The molecule has 0 bridgehead atoms. The van der Waals surface area contributed by atoms with E-state index < -0.39 is 18.5 Å². The van der Waals surface area contributed by atoms with Gasteiger partial charge in [-0.15, -0.1) is 0 Å². The van der Waals surface area contributed by atoms with Crippen molar-refractivity contribution in [2.24, 2.45) is 7.05 Å². The maximum absolute atomic E-state index is 12.3. The number of halogens is 1. The summed E-state index contributed by atoms with van der Waals surface area (Å²) in [7, 11) is 1.45. The average molecular weight is 416 g/mol. The van der Waals surface area contributed by atoms with Gasteiger partial charge in [-0.25, -0.2) is 9.48 Å². The highest BCUT2D eigenvalue weighted by Crippen LogP contribution is 2.16. The first-order valence-corrected chi connectivity index (χ1v) is 8.43. The van der Waals surface area contributed by atoms with E-state index in [1.54, 1.807) is 42.5 Å². The van der Waals surface area contributed by atoms with Crippen LogP contribution in [0.5, 0.6) is 0 Å². The number of rotatable bonds is 4. The number of nitrogens with one attached hydrogen (secondary N) is 1. The lowest BCUT2D eigenvalue weighted by molar-refractivity contribution is -0.119. The number of hydrogen-bond donors (Lipinski definition) is 1. The maximum atomic E-state index is 12.3. The van der Waals surface area contributed by atoms with Crippen LogP contribution in [0.1, 0.15) is 10.5 Å². The molecule has 7 nitrogen and oxygen atoms in total. The number of hydrogen-bond acceptors (Lipinski definition) is 5. The summed E-state index contributed by atoms with van der Waals surface area (Å²) in [6.45, 7) is -0.468. The fraction of sp³-hybridized carbons (Fsp3) is 0.111. The van der Waals surface area contributed by atoms with E-state index in [0.29, 0.717) is 16.5 Å². The molecule has 1 heterocycles. The lowest BCUT2D eigenvalue weighted by Gasteiger charge is -2.09. The summed E-state index contributed by atoms with van der Waals surface area (Å²) in [6.07, 6.45) is 0. The summed E-state index contributed by atoms with van der Waals surface area (Å²) < 4.78 is 6.94. The monoisotopic (exact) mass is 415 g/mol. The second-order valence-electron chi connectivity index (χ2n) is 5.46. The van der Waals surface area contributed by atoms with E-state index in [0.717, 1.165) is 9.15 Å². The molecule has 1 N–H and O–H groups in total. The van der Waals surface area contributed by atoms with Crippen LogP contribution in [0.3, 0.4) is 0 Å². The molecule has 0 saturated heterocycles. The Bertz CT molecular complexity index is 1060. The lowest BCUT2D eigenvalue weighted by Crippen LogP contribution is -2.26. The van der Waals surface area contributed by atoms with Crippen molar-refractivity contribution in [1.29, 1.82) is 0 Å². The number of esters is 1. The predicted molar refractivity (Wildman–Crippen MR) is 100 cm³/mol. The maximum Gasteiger partial charge on any atom is 0.359 e. The summed E-state index contributed by atoms with van der Waals surface area (Å²) in [5.41, 5.74) is 0.244. The minimum atomic E-state index is -0.777. The van der Waals surface area contributed by atoms with Crippen LogP contribution in [0.25, 0.3) is 10.8 Å². The van der Waals surface area contributed by atoms with Crippen LogP contribution in [0, 0.1) is 0 Å². The third kappa shape index (κ3) is 3.80. The van der Waals surface area contributed by atoms with Crippen LogP contribution in [-0.2, 0) is 16.6 Å². The molecule has 0 atom stereocenters. The van der Waals surface area contributed by atoms with Crippen molar-refractivity contribution in [3.8, 4) is 0 Å². The number of aromatic nitrogens is 2. The first-order valence-electron chi connectivity index (χ1n) is 7.64. The summed E-state index contributed by atoms with van der Waals surface area (Å²) in [5.74, 6) is -1.26. The molecule has 0 aliphatic rings. The largest absolute Gasteiger partial charge is 0.451 e. The van der Waals surface area contributed by atoms with E-state index in [2.05, 4.69) is 26.3 Å². The quantitative estimate of drug-likeness (QED) is 0.661. The SMILES string of the molecule is Cn1nc(C(=O)OCC(=O)Nc2cccc(Br)c2)c2ccccc2c1=O. The number of ether oxygens (including phenoxy) is 1. The predicted octanol–water partition coefficient (Wildman–Crippen LogP) is 2.49. The van der Waals surface area contributed by atoms with Gasteiger partial charge in [-0.05, 0) is 24.3 Å². The third-order valence-corrected chi connectivity index (χ3v) is 4.09. The molecule has 3 rings (SSSR count). The molecule has 0 aliphatic heterocycles. The van der Waals surface area contributed by atoms with E-state index in [4.69, 9.17) is 4.74 Å². The van der Waals surface area contributed by atoms with Crippen molar-refractivity contribution in [3.63, 3.8) is 0 Å². The van der Waals surface area contributed by atoms with Crippen LogP contribution in [0.2, 0.25) is 0 Å². The molecule has 0 spiro atoms. The van der Waals surface area contributed by atoms with Gasteiger partial charge < -0.3 is 10.1 Å². The highest BCUT2D eigenvalue weighted by atomic mass is 79.9. The summed E-state index contributed by atoms with van der Waals surface area (Å²) in [5, 5.41) is 7.33. The van der Waals surface area contributed by atoms with Gasteiger partial charge in [0.15, 0.2) is 12.3 Å². The van der Waals surface area contributed by atoms with Crippen molar-refractivity contribution in [3.05, 3.63) is 69.1 Å². The molecule has 0 unspecified atom stereocenters. The Morgan fingerprint density at radius 1 is 1.15 bits per heavy atom. The van der Waals surface area contributed by atoms with Crippen molar-refractivity contribution < 1.29 is 14.3 Å². The van der Waals surface area contributed by atoms with Crippen LogP contribution in [0.4, 0.5) is 5.69 Å². The van der Waals surface area contributed by atoms with Gasteiger partial charge in [0.2, 0.25) is 0 Å². The number of carbonyl (C=O) groups excluding carboxylic acids is 2. The second-order valence-corrected chi connectivity index (χ2v) is 6.37. The molecule has 26 heavy (non-hydrogen) atoms. The van der Waals surface area contributed by atoms with Gasteiger partial charge in [-0.3, -0.25) is 9.59 Å². The van der Waals surface area contributed by atoms with E-state index in [1.165, 1.54) is 7.05 Å². The Kier molecular flexibility index (Phi) is 5.13. The fourth-order valence-corrected chi connectivity index (χ4v) is 2.81. The zero-order valence-electron chi connectivity index (χ0n) is 13.7. The van der Waals surface area contributed by atoms with E-state index in [1.807, 2.05) is 6.07 Å². The van der Waals surface area contributed by atoms with Crippen molar-refractivity contribution in [2.45, 2.75) is 0 Å². The van der Waals surface area contributed by atoms with Gasteiger partial charge in [0.05, 0.1) is 5.39 Å². The Labute approximate surface area is 156 Å². The Morgan fingerprint density at radius 3 is 2.62 bits per heavy atom. The number of amides is 1. The van der Waals surface area contributed by atoms with Crippen LogP contribution < -0.4 is 10.9 Å². The van der Waals surface area contributed by atoms with Crippen LogP contribution >= 0.6 is 15.9 Å². The molecule has 0 fully saturated rings. The summed E-state index contributed by atoms with van der Waals surface area (Å²) in [4.78, 5) is 36.4. The van der Waals surface area contributed by atoms with Crippen molar-refractivity contribution >= 4 is 44.3 Å². The summed E-state index contributed by atoms with van der Waals surface area (Å²) in [6, 6.07) is 13.6. The average Bonchev–Trinajstić information content (AvgIpc) is 2.63. The zero-order chi connectivity index (χ0) is 18.7. The smallest absolute Gasteiger partial charge is 0.359 e. The van der Waals surface area contributed by atoms with E-state index in [-0.39, 0.29) is 11.3 Å². The number of anilines is 1. The van der Waals surface area contributed by atoms with Gasteiger partial charge in [0, 0.05) is 22.6 Å². The molecule has 8 heteroatoms. The molecular weight excluding hydrogens is 402 g/mol. The highest BCUT2D eigenvalue weighted by molar-refractivity contribution is 9.10. The van der Waals surface area contributed by atoms with E-state index >= 15 is 0 Å².